The van der Waals surface area contributed by atoms with Crippen LogP contribution < -0.4 is 4.74 Å². The van der Waals surface area contributed by atoms with Crippen LogP contribution in [0.2, 0.25) is 0 Å². The molecular weight excluding hydrogens is 228 g/mol. The Morgan fingerprint density at radius 3 is 2.50 bits per heavy atom. The largest absolute Gasteiger partial charge is 0.491 e. The average Bonchev–Trinajstić information content (AvgIpc) is 2.36. The Labute approximate surface area is 109 Å². The fourth-order valence-corrected chi connectivity index (χ4v) is 1.68. The van der Waals surface area contributed by atoms with Gasteiger partial charge in [-0.3, -0.25) is 0 Å². The maximum Gasteiger partial charge on any atom is 0.122 e. The Kier molecular flexibility index (Phi) is 5.17. The summed E-state index contributed by atoms with van der Waals surface area (Å²) >= 11 is 0. The first-order valence-electron chi connectivity index (χ1n) is 6.43. The molecule has 1 aromatic carbocycles. The summed E-state index contributed by atoms with van der Waals surface area (Å²) in [7, 11) is 0. The van der Waals surface area contributed by atoms with Crippen LogP contribution in [-0.4, -0.2) is 29.5 Å². The van der Waals surface area contributed by atoms with Crippen LogP contribution in [0.3, 0.4) is 0 Å². The topological polar surface area (TPSA) is 49.7 Å². The van der Waals surface area contributed by atoms with E-state index in [9.17, 15) is 5.11 Å². The summed E-state index contributed by atoms with van der Waals surface area (Å²) in [6, 6.07) is 6.13. The lowest BCUT2D eigenvalue weighted by atomic mass is 9.81. The molecule has 0 aliphatic heterocycles. The van der Waals surface area contributed by atoms with Crippen molar-refractivity contribution in [2.75, 3.05) is 13.2 Å². The van der Waals surface area contributed by atoms with Gasteiger partial charge in [-0.15, -0.1) is 0 Å². The molecule has 0 aromatic heterocycles. The quantitative estimate of drug-likeness (QED) is 0.817. The summed E-state index contributed by atoms with van der Waals surface area (Å²) in [6.07, 6.45) is 0.256. The highest BCUT2D eigenvalue weighted by Gasteiger charge is 2.18. The molecule has 0 heterocycles. The van der Waals surface area contributed by atoms with Gasteiger partial charge in [-0.2, -0.15) is 0 Å². The molecule has 1 unspecified atom stereocenters. The minimum absolute atomic E-state index is 0.119. The minimum Gasteiger partial charge on any atom is -0.491 e. The van der Waals surface area contributed by atoms with Crippen LogP contribution in [0.5, 0.6) is 5.75 Å². The van der Waals surface area contributed by atoms with Crippen molar-refractivity contribution < 1.29 is 14.9 Å². The molecule has 0 radical (unpaired) electrons. The van der Waals surface area contributed by atoms with Crippen molar-refractivity contribution in [1.29, 1.82) is 0 Å². The van der Waals surface area contributed by atoms with Crippen LogP contribution in [-0.2, 0) is 5.41 Å². The normalized spacial score (nSPS) is 13.4. The van der Waals surface area contributed by atoms with Crippen LogP contribution in [0.4, 0.5) is 0 Å². The van der Waals surface area contributed by atoms with Gasteiger partial charge in [0.2, 0.25) is 0 Å². The Balaban J connectivity index is 2.80. The highest BCUT2D eigenvalue weighted by molar-refractivity contribution is 5.39. The van der Waals surface area contributed by atoms with Gasteiger partial charge in [0.15, 0.2) is 0 Å². The lowest BCUT2D eigenvalue weighted by molar-refractivity contribution is 0.0534. The third-order valence-electron chi connectivity index (χ3n) is 3.48. The second kappa shape index (κ2) is 6.21. The molecule has 0 amide bonds. The van der Waals surface area contributed by atoms with Gasteiger partial charge < -0.3 is 14.9 Å². The molecule has 0 aliphatic carbocycles. The van der Waals surface area contributed by atoms with E-state index in [1.165, 1.54) is 5.56 Å². The highest BCUT2D eigenvalue weighted by Crippen LogP contribution is 2.30. The maximum atomic E-state index is 9.26. The van der Waals surface area contributed by atoms with E-state index in [0.717, 1.165) is 17.7 Å². The molecule has 1 aromatic rings. The number of aryl methyl sites for hydroxylation is 1. The third kappa shape index (κ3) is 3.72. The van der Waals surface area contributed by atoms with Crippen LogP contribution >= 0.6 is 0 Å². The molecule has 18 heavy (non-hydrogen) atoms. The molecule has 0 aliphatic rings. The van der Waals surface area contributed by atoms with Gasteiger partial charge >= 0.3 is 0 Å². The highest BCUT2D eigenvalue weighted by atomic mass is 16.5. The molecule has 3 nitrogen and oxygen atoms in total. The van der Waals surface area contributed by atoms with E-state index < -0.39 is 6.10 Å². The number of ether oxygens (including phenoxy) is 1. The van der Waals surface area contributed by atoms with E-state index in [0.29, 0.717) is 0 Å². The van der Waals surface area contributed by atoms with Crippen molar-refractivity contribution in [3.05, 3.63) is 29.3 Å². The average molecular weight is 252 g/mol. The van der Waals surface area contributed by atoms with E-state index in [2.05, 4.69) is 32.9 Å². The fourth-order valence-electron chi connectivity index (χ4n) is 1.68. The van der Waals surface area contributed by atoms with Crippen LogP contribution in [0.15, 0.2) is 18.2 Å². The number of hydrogen-bond acceptors (Lipinski definition) is 3. The van der Waals surface area contributed by atoms with Gasteiger partial charge in [0.1, 0.15) is 18.5 Å². The predicted molar refractivity (Wildman–Crippen MR) is 73.1 cm³/mol. The molecule has 3 heteroatoms. The van der Waals surface area contributed by atoms with Crippen molar-refractivity contribution in [2.24, 2.45) is 0 Å². The summed E-state index contributed by atoms with van der Waals surface area (Å²) in [5.41, 5.74) is 2.50. The Hall–Kier alpha value is -1.06. The van der Waals surface area contributed by atoms with E-state index in [-0.39, 0.29) is 18.6 Å². The third-order valence-corrected chi connectivity index (χ3v) is 3.48. The van der Waals surface area contributed by atoms with Crippen molar-refractivity contribution in [1.82, 2.24) is 0 Å². The van der Waals surface area contributed by atoms with Crippen molar-refractivity contribution >= 4 is 0 Å². The van der Waals surface area contributed by atoms with Gasteiger partial charge in [0.25, 0.3) is 0 Å². The summed E-state index contributed by atoms with van der Waals surface area (Å²) in [5.74, 6) is 0.762. The van der Waals surface area contributed by atoms with Crippen LogP contribution in [0.1, 0.15) is 38.3 Å². The van der Waals surface area contributed by atoms with Gasteiger partial charge in [-0.05, 0) is 36.0 Å². The molecule has 2 N–H and O–H groups in total. The zero-order valence-electron chi connectivity index (χ0n) is 11.7. The zero-order valence-corrected chi connectivity index (χ0v) is 11.7. The standard InChI is InChI=1S/C15H24O3/c1-5-15(3,4)12-6-7-14(11(2)8-12)18-10-13(17)9-16/h6-8,13,16-17H,5,9-10H2,1-4H3. The molecule has 0 spiro atoms. The van der Waals surface area contributed by atoms with E-state index in [4.69, 9.17) is 9.84 Å². The van der Waals surface area contributed by atoms with Gasteiger partial charge in [-0.1, -0.05) is 32.9 Å². The van der Waals surface area contributed by atoms with E-state index in [1.807, 2.05) is 13.0 Å². The summed E-state index contributed by atoms with van der Waals surface area (Å²) in [6.45, 7) is 8.46. The molecule has 0 saturated carbocycles. The van der Waals surface area contributed by atoms with E-state index in [1.54, 1.807) is 0 Å². The molecule has 1 rings (SSSR count). The molecule has 1 atom stereocenters. The van der Waals surface area contributed by atoms with Gasteiger partial charge in [0, 0.05) is 0 Å². The molecular formula is C15H24O3. The first-order chi connectivity index (χ1) is 8.40. The second-order valence-corrected chi connectivity index (χ2v) is 5.37. The Morgan fingerprint density at radius 2 is 2.00 bits per heavy atom. The molecule has 0 bridgehead atoms. The smallest absolute Gasteiger partial charge is 0.122 e. The zero-order chi connectivity index (χ0) is 13.8. The maximum absolute atomic E-state index is 9.26. The molecule has 102 valence electrons. The number of aliphatic hydroxyl groups excluding tert-OH is 2. The first-order valence-corrected chi connectivity index (χ1v) is 6.43. The van der Waals surface area contributed by atoms with Crippen molar-refractivity contribution in [3.63, 3.8) is 0 Å². The lowest BCUT2D eigenvalue weighted by Gasteiger charge is -2.24. The summed E-state index contributed by atoms with van der Waals surface area (Å²) in [5, 5.41) is 18.0. The monoisotopic (exact) mass is 252 g/mol. The first kappa shape index (κ1) is 15.0. The number of benzene rings is 1. The van der Waals surface area contributed by atoms with Crippen molar-refractivity contribution in [3.8, 4) is 5.75 Å². The van der Waals surface area contributed by atoms with Crippen LogP contribution in [0, 0.1) is 6.92 Å². The van der Waals surface area contributed by atoms with Crippen LogP contribution in [0.25, 0.3) is 0 Å². The summed E-state index contributed by atoms with van der Waals surface area (Å²) < 4.78 is 5.48. The number of aliphatic hydroxyl groups is 2. The number of rotatable bonds is 6. The second-order valence-electron chi connectivity index (χ2n) is 5.37. The fraction of sp³-hybridized carbons (Fsp3) is 0.600. The Morgan fingerprint density at radius 1 is 1.33 bits per heavy atom. The summed E-state index contributed by atoms with van der Waals surface area (Å²) in [4.78, 5) is 0. The SMILES string of the molecule is CCC(C)(C)c1ccc(OCC(O)CO)c(C)c1. The van der Waals surface area contributed by atoms with Gasteiger partial charge in [0.05, 0.1) is 6.61 Å². The van der Waals surface area contributed by atoms with Gasteiger partial charge in [-0.25, -0.2) is 0 Å². The van der Waals surface area contributed by atoms with Crippen molar-refractivity contribution in [2.45, 2.75) is 45.6 Å². The number of hydrogen-bond donors (Lipinski definition) is 2. The predicted octanol–water partition coefficient (Wildman–Crippen LogP) is 2.41. The lowest BCUT2D eigenvalue weighted by Crippen LogP contribution is -2.21. The Bertz CT molecular complexity index is 385. The molecule has 0 saturated heterocycles. The minimum atomic E-state index is -0.823. The molecule has 0 fully saturated rings. The van der Waals surface area contributed by atoms with E-state index >= 15 is 0 Å².